The summed E-state index contributed by atoms with van der Waals surface area (Å²) in [5.74, 6) is -0.186. The van der Waals surface area contributed by atoms with E-state index in [1.807, 2.05) is 0 Å². The summed E-state index contributed by atoms with van der Waals surface area (Å²) < 4.78 is 1.67. The van der Waals surface area contributed by atoms with E-state index < -0.39 is 0 Å². The van der Waals surface area contributed by atoms with E-state index in [0.29, 0.717) is 16.2 Å². The summed E-state index contributed by atoms with van der Waals surface area (Å²) in [5, 5.41) is 2.81. The van der Waals surface area contributed by atoms with Gasteiger partial charge in [-0.15, -0.1) is 11.3 Å². The number of carbonyl (C=O) groups excluding carboxylic acids is 1. The fraction of sp³-hybridized carbons (Fsp3) is 0. The number of thiophene rings is 1. The van der Waals surface area contributed by atoms with Gasteiger partial charge < -0.3 is 11.1 Å². The predicted molar refractivity (Wildman–Crippen MR) is 90.0 cm³/mol. The maximum Gasteiger partial charge on any atom is 0.257 e. The Morgan fingerprint density at radius 1 is 1.32 bits per heavy atom. The third kappa shape index (κ3) is 3.62. The third-order valence-corrected chi connectivity index (χ3v) is 4.88. The summed E-state index contributed by atoms with van der Waals surface area (Å²) in [6, 6.07) is 8.89. The number of hydrogen-bond acceptors (Lipinski definition) is 3. The minimum atomic E-state index is -0.186. The number of hydrogen-bond donors (Lipinski definition) is 2. The lowest BCUT2D eigenvalue weighted by Gasteiger charge is -2.06. The molecule has 1 heterocycles. The highest BCUT2D eigenvalue weighted by Crippen LogP contribution is 2.32. The number of thiocarbonyl (C=S) groups is 1. The molecular weight excluding hydrogens is 412 g/mol. The average molecular weight is 420 g/mol. The van der Waals surface area contributed by atoms with E-state index in [-0.39, 0.29) is 5.91 Å². The van der Waals surface area contributed by atoms with Gasteiger partial charge in [0.15, 0.2) is 0 Å². The Morgan fingerprint density at radius 2 is 2.05 bits per heavy atom. The van der Waals surface area contributed by atoms with Gasteiger partial charge in [-0.05, 0) is 50.1 Å². The molecule has 7 heteroatoms. The van der Waals surface area contributed by atoms with Gasteiger partial charge in [0.1, 0.15) is 4.99 Å². The van der Waals surface area contributed by atoms with Crippen LogP contribution in [0.5, 0.6) is 0 Å². The normalized spacial score (nSPS) is 10.2. The molecule has 98 valence electrons. The van der Waals surface area contributed by atoms with Crippen molar-refractivity contribution in [2.24, 2.45) is 5.73 Å². The highest BCUT2D eigenvalue weighted by Gasteiger charge is 2.14. The van der Waals surface area contributed by atoms with Gasteiger partial charge in [-0.25, -0.2) is 0 Å². The summed E-state index contributed by atoms with van der Waals surface area (Å²) in [6.45, 7) is 0. The number of carbonyl (C=O) groups is 1. The van der Waals surface area contributed by atoms with Crippen LogP contribution >= 0.6 is 55.4 Å². The highest BCUT2D eigenvalue weighted by atomic mass is 79.9. The van der Waals surface area contributed by atoms with Crippen molar-refractivity contribution in [1.29, 1.82) is 0 Å². The van der Waals surface area contributed by atoms with Crippen molar-refractivity contribution < 1.29 is 4.79 Å². The molecule has 19 heavy (non-hydrogen) atoms. The molecule has 2 rings (SSSR count). The Balaban J connectivity index is 2.21. The van der Waals surface area contributed by atoms with Gasteiger partial charge in [0.25, 0.3) is 5.91 Å². The van der Waals surface area contributed by atoms with E-state index >= 15 is 0 Å². The van der Waals surface area contributed by atoms with E-state index in [9.17, 15) is 4.79 Å². The first kappa shape index (κ1) is 14.6. The number of halogens is 2. The van der Waals surface area contributed by atoms with Gasteiger partial charge in [-0.3, -0.25) is 4.79 Å². The van der Waals surface area contributed by atoms with Gasteiger partial charge in [-0.1, -0.05) is 24.4 Å². The number of anilines is 1. The van der Waals surface area contributed by atoms with Crippen LogP contribution in [0.15, 0.2) is 37.9 Å². The molecule has 1 aromatic carbocycles. The maximum atomic E-state index is 12.1. The summed E-state index contributed by atoms with van der Waals surface area (Å²) in [4.78, 5) is 12.4. The lowest BCUT2D eigenvalue weighted by atomic mass is 10.2. The molecule has 0 bridgehead atoms. The van der Waals surface area contributed by atoms with Crippen LogP contribution in [-0.4, -0.2) is 10.9 Å². The smallest absolute Gasteiger partial charge is 0.257 e. The van der Waals surface area contributed by atoms with Gasteiger partial charge in [0.05, 0.1) is 13.1 Å². The molecule has 0 aliphatic heterocycles. The van der Waals surface area contributed by atoms with Gasteiger partial charge in [0, 0.05) is 11.3 Å². The Hall–Kier alpha value is -0.760. The molecule has 0 radical (unpaired) electrons. The molecule has 0 spiro atoms. The molecule has 0 aliphatic rings. The van der Waals surface area contributed by atoms with E-state index in [2.05, 4.69) is 37.2 Å². The molecule has 0 saturated carbocycles. The summed E-state index contributed by atoms with van der Waals surface area (Å²) in [6.07, 6.45) is 0. The first-order valence-corrected chi connectivity index (χ1v) is 7.94. The third-order valence-electron chi connectivity index (χ3n) is 2.31. The Kier molecular flexibility index (Phi) is 4.72. The molecule has 1 aromatic heterocycles. The van der Waals surface area contributed by atoms with Crippen LogP contribution in [0, 0.1) is 0 Å². The maximum absolute atomic E-state index is 12.1. The van der Waals surface area contributed by atoms with Gasteiger partial charge in [-0.2, -0.15) is 0 Å². The zero-order chi connectivity index (χ0) is 14.0. The molecule has 3 nitrogen and oxygen atoms in total. The molecule has 0 atom stereocenters. The fourth-order valence-corrected chi connectivity index (χ4v) is 4.36. The molecule has 3 N–H and O–H groups in total. The van der Waals surface area contributed by atoms with Crippen molar-refractivity contribution in [3.05, 3.63) is 49.0 Å². The van der Waals surface area contributed by atoms with Crippen molar-refractivity contribution >= 4 is 72.0 Å². The zero-order valence-corrected chi connectivity index (χ0v) is 14.2. The minimum absolute atomic E-state index is 0.186. The van der Waals surface area contributed by atoms with Gasteiger partial charge >= 0.3 is 0 Å². The number of rotatable bonds is 3. The molecule has 0 saturated heterocycles. The summed E-state index contributed by atoms with van der Waals surface area (Å²) >= 11 is 13.1. The van der Waals surface area contributed by atoms with E-state index in [1.54, 1.807) is 30.3 Å². The molecule has 0 unspecified atom stereocenters. The number of amides is 1. The van der Waals surface area contributed by atoms with Crippen molar-refractivity contribution in [3.8, 4) is 0 Å². The van der Waals surface area contributed by atoms with E-state index in [0.717, 1.165) is 13.1 Å². The average Bonchev–Trinajstić information content (AvgIpc) is 2.69. The molecule has 0 fully saturated rings. The van der Waals surface area contributed by atoms with Crippen LogP contribution in [0.3, 0.4) is 0 Å². The highest BCUT2D eigenvalue weighted by molar-refractivity contribution is 9.12. The Labute approximate surface area is 136 Å². The van der Waals surface area contributed by atoms with Gasteiger partial charge in [0.2, 0.25) is 0 Å². The SMILES string of the molecule is NC(=S)c1cccc(NC(=O)c2cc(Br)sc2Br)c1. The minimum Gasteiger partial charge on any atom is -0.389 e. The second-order valence-electron chi connectivity index (χ2n) is 3.64. The van der Waals surface area contributed by atoms with E-state index in [4.69, 9.17) is 18.0 Å². The van der Waals surface area contributed by atoms with Crippen LogP contribution in [-0.2, 0) is 0 Å². The Morgan fingerprint density at radius 3 is 2.63 bits per heavy atom. The first-order valence-electron chi connectivity index (χ1n) is 5.13. The van der Waals surface area contributed by atoms with Crippen molar-refractivity contribution in [2.75, 3.05) is 5.32 Å². The standard InChI is InChI=1S/C12H8Br2N2OS2/c13-9-5-8(10(14)19-9)12(17)16-7-3-1-2-6(4-7)11(15)18/h1-5H,(H2,15,18)(H,16,17). The summed E-state index contributed by atoms with van der Waals surface area (Å²) in [7, 11) is 0. The van der Waals surface area contributed by atoms with Crippen LogP contribution in [0.2, 0.25) is 0 Å². The number of benzene rings is 1. The largest absolute Gasteiger partial charge is 0.389 e. The predicted octanol–water partition coefficient (Wildman–Crippen LogP) is 4.16. The second kappa shape index (κ2) is 6.13. The quantitative estimate of drug-likeness (QED) is 0.734. The van der Waals surface area contributed by atoms with Crippen molar-refractivity contribution in [2.45, 2.75) is 0 Å². The molecule has 2 aromatic rings. The first-order chi connectivity index (χ1) is 8.97. The molecule has 0 aliphatic carbocycles. The zero-order valence-electron chi connectivity index (χ0n) is 9.44. The van der Waals surface area contributed by atoms with Crippen LogP contribution in [0.4, 0.5) is 5.69 Å². The molecular formula is C12H8Br2N2OS2. The van der Waals surface area contributed by atoms with Crippen LogP contribution < -0.4 is 11.1 Å². The van der Waals surface area contributed by atoms with E-state index in [1.165, 1.54) is 11.3 Å². The fourth-order valence-electron chi connectivity index (χ4n) is 1.44. The Bertz CT molecular complexity index is 655. The lowest BCUT2D eigenvalue weighted by Crippen LogP contribution is -2.13. The van der Waals surface area contributed by atoms with Crippen molar-refractivity contribution in [1.82, 2.24) is 0 Å². The lowest BCUT2D eigenvalue weighted by molar-refractivity contribution is 0.102. The number of nitrogens with two attached hydrogens (primary N) is 1. The monoisotopic (exact) mass is 418 g/mol. The van der Waals surface area contributed by atoms with Crippen LogP contribution in [0.25, 0.3) is 0 Å². The van der Waals surface area contributed by atoms with Crippen LogP contribution in [0.1, 0.15) is 15.9 Å². The topological polar surface area (TPSA) is 55.1 Å². The second-order valence-corrected chi connectivity index (χ2v) is 7.83. The van der Waals surface area contributed by atoms with Crippen molar-refractivity contribution in [3.63, 3.8) is 0 Å². The summed E-state index contributed by atoms with van der Waals surface area (Å²) in [5.41, 5.74) is 7.52. The molecule has 1 amide bonds. The number of nitrogens with one attached hydrogen (secondary N) is 1.